The smallest absolute Gasteiger partial charge is 0.138 e. The quantitative estimate of drug-likeness (QED) is 0.684. The molecule has 3 aromatic rings. The first-order chi connectivity index (χ1) is 8.78. The second-order valence-electron chi connectivity index (χ2n) is 3.95. The van der Waals surface area contributed by atoms with Crippen molar-refractivity contribution in [2.75, 3.05) is 0 Å². The minimum atomic E-state index is 0.670. The van der Waals surface area contributed by atoms with Crippen molar-refractivity contribution in [3.05, 3.63) is 51.9 Å². The summed E-state index contributed by atoms with van der Waals surface area (Å²) < 4.78 is 1.16. The molecule has 1 aromatic carbocycles. The molecule has 0 unspecified atom stereocenters. The summed E-state index contributed by atoms with van der Waals surface area (Å²) >= 11 is 2.29. The first-order valence-electron chi connectivity index (χ1n) is 5.41. The Morgan fingerprint density at radius 3 is 2.67 bits per heavy atom. The van der Waals surface area contributed by atoms with Crippen molar-refractivity contribution in [3.8, 4) is 17.2 Å². The van der Waals surface area contributed by atoms with Crippen LogP contribution in [0, 0.1) is 14.9 Å². The molecule has 0 radical (unpaired) electrons. The Hall–Kier alpha value is -1.87. The van der Waals surface area contributed by atoms with Gasteiger partial charge in [-0.15, -0.1) is 0 Å². The van der Waals surface area contributed by atoms with Crippen molar-refractivity contribution < 1.29 is 0 Å². The van der Waals surface area contributed by atoms with E-state index in [0.29, 0.717) is 5.56 Å². The molecule has 0 bridgehead atoms. The van der Waals surface area contributed by atoms with Crippen molar-refractivity contribution in [2.24, 2.45) is 0 Å². The number of benzene rings is 1. The Kier molecular flexibility index (Phi) is 2.76. The van der Waals surface area contributed by atoms with Gasteiger partial charge in [-0.1, -0.05) is 12.1 Å². The third-order valence-electron chi connectivity index (χ3n) is 2.83. The van der Waals surface area contributed by atoms with Crippen LogP contribution in [0.25, 0.3) is 22.2 Å². The summed E-state index contributed by atoms with van der Waals surface area (Å²) in [4.78, 5) is 7.52. The van der Waals surface area contributed by atoms with Crippen molar-refractivity contribution in [2.45, 2.75) is 0 Å². The van der Waals surface area contributed by atoms with Gasteiger partial charge in [0, 0.05) is 26.9 Å². The van der Waals surface area contributed by atoms with Crippen LogP contribution in [0.4, 0.5) is 0 Å². The first-order valence-corrected chi connectivity index (χ1v) is 6.49. The molecule has 0 saturated heterocycles. The Bertz CT molecular complexity index is 751. The van der Waals surface area contributed by atoms with Crippen LogP contribution in [0.3, 0.4) is 0 Å². The maximum Gasteiger partial charge on any atom is 0.138 e. The lowest BCUT2D eigenvalue weighted by molar-refractivity contribution is 1.32. The predicted molar refractivity (Wildman–Crippen MR) is 79.0 cm³/mol. The molecule has 3 nitrogen and oxygen atoms in total. The van der Waals surface area contributed by atoms with Gasteiger partial charge in [0.15, 0.2) is 0 Å². The van der Waals surface area contributed by atoms with Crippen LogP contribution < -0.4 is 0 Å². The van der Waals surface area contributed by atoms with E-state index in [4.69, 9.17) is 5.26 Å². The van der Waals surface area contributed by atoms with Gasteiger partial charge in [0.2, 0.25) is 0 Å². The lowest BCUT2D eigenvalue weighted by Crippen LogP contribution is -1.82. The van der Waals surface area contributed by atoms with E-state index < -0.39 is 0 Å². The van der Waals surface area contributed by atoms with Crippen LogP contribution in [0.1, 0.15) is 5.56 Å². The topological polar surface area (TPSA) is 52.5 Å². The molecule has 0 amide bonds. The number of nitrogens with zero attached hydrogens (tertiary/aromatic N) is 2. The van der Waals surface area contributed by atoms with Gasteiger partial charge in [-0.05, 0) is 46.4 Å². The van der Waals surface area contributed by atoms with E-state index in [1.54, 1.807) is 0 Å². The Labute approximate surface area is 118 Å². The van der Waals surface area contributed by atoms with Gasteiger partial charge in [-0.25, -0.2) is 4.98 Å². The van der Waals surface area contributed by atoms with Crippen molar-refractivity contribution in [1.82, 2.24) is 9.97 Å². The molecule has 2 aromatic heterocycles. The predicted octanol–water partition coefficient (Wildman–Crippen LogP) is 3.71. The SMILES string of the molecule is N#Cc1ccc(-c2cnc3[nH]cc(I)c3c2)cc1. The van der Waals surface area contributed by atoms with Crippen LogP contribution in [0.2, 0.25) is 0 Å². The van der Waals surface area contributed by atoms with E-state index in [1.807, 2.05) is 36.7 Å². The fourth-order valence-electron chi connectivity index (χ4n) is 1.87. The molecule has 18 heavy (non-hydrogen) atoms. The standard InChI is InChI=1S/C14H8IN3/c15-13-8-18-14-12(13)5-11(7-17-14)10-3-1-9(6-16)2-4-10/h1-5,7-8H,(H,17,18). The molecule has 86 valence electrons. The lowest BCUT2D eigenvalue weighted by Gasteiger charge is -2.01. The third kappa shape index (κ3) is 1.87. The summed E-state index contributed by atoms with van der Waals surface area (Å²) in [5, 5.41) is 9.90. The van der Waals surface area contributed by atoms with Crippen LogP contribution in [-0.2, 0) is 0 Å². The molecule has 0 spiro atoms. The summed E-state index contributed by atoms with van der Waals surface area (Å²) in [6, 6.07) is 11.8. The van der Waals surface area contributed by atoms with E-state index in [2.05, 4.69) is 44.7 Å². The van der Waals surface area contributed by atoms with Crippen molar-refractivity contribution in [3.63, 3.8) is 0 Å². The number of fused-ring (bicyclic) bond motifs is 1. The number of nitrogens with one attached hydrogen (secondary N) is 1. The Morgan fingerprint density at radius 1 is 1.17 bits per heavy atom. The molecule has 0 aliphatic rings. The fraction of sp³-hybridized carbons (Fsp3) is 0. The number of aromatic nitrogens is 2. The highest BCUT2D eigenvalue weighted by atomic mass is 127. The summed E-state index contributed by atoms with van der Waals surface area (Å²) in [5.74, 6) is 0. The molecular formula is C14H8IN3. The molecule has 1 N–H and O–H groups in total. The van der Waals surface area contributed by atoms with Gasteiger partial charge >= 0.3 is 0 Å². The summed E-state index contributed by atoms with van der Waals surface area (Å²) in [7, 11) is 0. The van der Waals surface area contributed by atoms with E-state index >= 15 is 0 Å². The second kappa shape index (κ2) is 4.42. The highest BCUT2D eigenvalue weighted by molar-refractivity contribution is 14.1. The molecule has 0 saturated carbocycles. The molecule has 4 heteroatoms. The maximum atomic E-state index is 8.78. The van der Waals surface area contributed by atoms with Gasteiger partial charge in [0.25, 0.3) is 0 Å². The minimum Gasteiger partial charge on any atom is -0.345 e. The van der Waals surface area contributed by atoms with Gasteiger partial charge in [-0.3, -0.25) is 0 Å². The van der Waals surface area contributed by atoms with Crippen LogP contribution in [-0.4, -0.2) is 9.97 Å². The number of rotatable bonds is 1. The average Bonchev–Trinajstić information content (AvgIpc) is 2.80. The lowest BCUT2D eigenvalue weighted by atomic mass is 10.1. The second-order valence-corrected chi connectivity index (χ2v) is 5.11. The Morgan fingerprint density at radius 2 is 1.94 bits per heavy atom. The first kappa shape index (κ1) is 11.2. The third-order valence-corrected chi connectivity index (χ3v) is 3.72. The zero-order valence-electron chi connectivity index (χ0n) is 9.31. The van der Waals surface area contributed by atoms with Gasteiger partial charge in [0.05, 0.1) is 11.6 Å². The number of aromatic amines is 1. The number of H-pyrrole nitrogens is 1. The zero-order chi connectivity index (χ0) is 12.5. The van der Waals surface area contributed by atoms with Crippen LogP contribution in [0.5, 0.6) is 0 Å². The highest BCUT2D eigenvalue weighted by Crippen LogP contribution is 2.25. The average molecular weight is 345 g/mol. The minimum absolute atomic E-state index is 0.670. The molecule has 0 fully saturated rings. The Balaban J connectivity index is 2.13. The zero-order valence-corrected chi connectivity index (χ0v) is 11.5. The van der Waals surface area contributed by atoms with Gasteiger partial charge in [0.1, 0.15) is 5.65 Å². The monoisotopic (exact) mass is 345 g/mol. The summed E-state index contributed by atoms with van der Waals surface area (Å²) in [6.45, 7) is 0. The van der Waals surface area contributed by atoms with Crippen molar-refractivity contribution >= 4 is 33.6 Å². The molecule has 0 aliphatic heterocycles. The van der Waals surface area contributed by atoms with Crippen LogP contribution >= 0.6 is 22.6 Å². The number of halogens is 1. The number of hydrogen-bond acceptors (Lipinski definition) is 2. The molecule has 0 atom stereocenters. The number of hydrogen-bond donors (Lipinski definition) is 1. The largest absolute Gasteiger partial charge is 0.345 e. The number of pyridine rings is 1. The summed E-state index contributed by atoms with van der Waals surface area (Å²) in [5.41, 5.74) is 3.70. The van der Waals surface area contributed by atoms with Crippen LogP contribution in [0.15, 0.2) is 42.7 Å². The van der Waals surface area contributed by atoms with E-state index in [9.17, 15) is 0 Å². The highest BCUT2D eigenvalue weighted by Gasteiger charge is 2.05. The van der Waals surface area contributed by atoms with Gasteiger partial charge < -0.3 is 4.98 Å². The molecule has 2 heterocycles. The number of nitriles is 1. The maximum absolute atomic E-state index is 8.78. The molecule has 0 aliphatic carbocycles. The summed E-state index contributed by atoms with van der Waals surface area (Å²) in [6.07, 6.45) is 3.79. The van der Waals surface area contributed by atoms with E-state index in [-0.39, 0.29) is 0 Å². The van der Waals surface area contributed by atoms with E-state index in [0.717, 1.165) is 25.7 Å². The van der Waals surface area contributed by atoms with E-state index in [1.165, 1.54) is 0 Å². The molecular weight excluding hydrogens is 337 g/mol. The van der Waals surface area contributed by atoms with Gasteiger partial charge in [-0.2, -0.15) is 5.26 Å². The molecule has 3 rings (SSSR count). The normalized spacial score (nSPS) is 10.4. The fourth-order valence-corrected chi connectivity index (χ4v) is 2.43. The van der Waals surface area contributed by atoms with Crippen molar-refractivity contribution in [1.29, 1.82) is 5.26 Å².